The van der Waals surface area contributed by atoms with Crippen molar-refractivity contribution in [3.8, 4) is 5.88 Å². The SMILES string of the molecule is CCCNC(Cc1cccc(Cl)c1)c1nccnc1OC. The van der Waals surface area contributed by atoms with Gasteiger partial charge in [-0.1, -0.05) is 30.7 Å². The summed E-state index contributed by atoms with van der Waals surface area (Å²) in [6, 6.07) is 7.93. The molecule has 5 heteroatoms. The molecule has 0 radical (unpaired) electrons. The number of ether oxygens (including phenoxy) is 1. The van der Waals surface area contributed by atoms with Gasteiger partial charge in [-0.25, -0.2) is 4.98 Å². The van der Waals surface area contributed by atoms with E-state index in [9.17, 15) is 0 Å². The predicted molar refractivity (Wildman–Crippen MR) is 84.8 cm³/mol. The molecule has 21 heavy (non-hydrogen) atoms. The molecule has 0 saturated carbocycles. The Morgan fingerprint density at radius 2 is 2.10 bits per heavy atom. The Bertz CT molecular complexity index is 577. The van der Waals surface area contributed by atoms with E-state index in [0.717, 1.165) is 35.7 Å². The van der Waals surface area contributed by atoms with Gasteiger partial charge >= 0.3 is 0 Å². The fourth-order valence-corrected chi connectivity index (χ4v) is 2.43. The fourth-order valence-electron chi connectivity index (χ4n) is 2.22. The van der Waals surface area contributed by atoms with Crippen LogP contribution in [0, 0.1) is 0 Å². The number of nitrogens with one attached hydrogen (secondary N) is 1. The Morgan fingerprint density at radius 3 is 2.81 bits per heavy atom. The Kier molecular flexibility index (Phi) is 5.96. The molecule has 2 rings (SSSR count). The van der Waals surface area contributed by atoms with E-state index < -0.39 is 0 Å². The molecule has 1 aromatic carbocycles. The normalized spacial score (nSPS) is 12.1. The third-order valence-electron chi connectivity index (χ3n) is 3.18. The second-order valence-corrected chi connectivity index (χ2v) is 5.23. The van der Waals surface area contributed by atoms with E-state index in [1.807, 2.05) is 18.2 Å². The zero-order valence-electron chi connectivity index (χ0n) is 12.3. The van der Waals surface area contributed by atoms with Gasteiger partial charge in [0.2, 0.25) is 5.88 Å². The molecule has 1 unspecified atom stereocenters. The molecule has 0 saturated heterocycles. The quantitative estimate of drug-likeness (QED) is 0.851. The Hall–Kier alpha value is -1.65. The number of halogens is 1. The van der Waals surface area contributed by atoms with Crippen LogP contribution in [0.2, 0.25) is 5.02 Å². The molecular formula is C16H20ClN3O. The summed E-state index contributed by atoms with van der Waals surface area (Å²) in [6.45, 7) is 3.04. The molecule has 0 amide bonds. The number of hydrogen-bond donors (Lipinski definition) is 1. The maximum absolute atomic E-state index is 6.06. The largest absolute Gasteiger partial charge is 0.480 e. The van der Waals surface area contributed by atoms with Gasteiger partial charge in [0.1, 0.15) is 5.69 Å². The summed E-state index contributed by atoms with van der Waals surface area (Å²) in [5.74, 6) is 0.563. The van der Waals surface area contributed by atoms with Crippen molar-refractivity contribution in [2.45, 2.75) is 25.8 Å². The maximum atomic E-state index is 6.06. The first kappa shape index (κ1) is 15.7. The van der Waals surface area contributed by atoms with Crippen LogP contribution >= 0.6 is 11.6 Å². The van der Waals surface area contributed by atoms with Crippen molar-refractivity contribution in [3.63, 3.8) is 0 Å². The van der Waals surface area contributed by atoms with Gasteiger partial charge in [-0.3, -0.25) is 4.98 Å². The molecule has 0 bridgehead atoms. The summed E-state index contributed by atoms with van der Waals surface area (Å²) in [5.41, 5.74) is 1.98. The van der Waals surface area contributed by atoms with Crippen LogP contribution in [0.3, 0.4) is 0 Å². The summed E-state index contributed by atoms with van der Waals surface area (Å²) in [4.78, 5) is 8.67. The number of aromatic nitrogens is 2. The van der Waals surface area contributed by atoms with E-state index in [1.165, 1.54) is 0 Å². The number of nitrogens with zero attached hydrogens (tertiary/aromatic N) is 2. The molecule has 0 aliphatic carbocycles. The van der Waals surface area contributed by atoms with E-state index in [1.54, 1.807) is 19.5 Å². The summed E-state index contributed by atoms with van der Waals surface area (Å²) in [7, 11) is 1.61. The molecule has 1 aromatic heterocycles. The van der Waals surface area contributed by atoms with E-state index in [2.05, 4.69) is 28.3 Å². The van der Waals surface area contributed by atoms with Crippen molar-refractivity contribution < 1.29 is 4.74 Å². The lowest BCUT2D eigenvalue weighted by Gasteiger charge is -2.19. The van der Waals surface area contributed by atoms with E-state index in [0.29, 0.717) is 5.88 Å². The average Bonchev–Trinajstić information content (AvgIpc) is 2.51. The molecule has 1 heterocycles. The Balaban J connectivity index is 2.25. The zero-order chi connectivity index (χ0) is 15.1. The van der Waals surface area contributed by atoms with Gasteiger partial charge in [0.25, 0.3) is 0 Å². The smallest absolute Gasteiger partial charge is 0.237 e. The molecule has 0 spiro atoms. The minimum atomic E-state index is 0.0482. The molecule has 0 fully saturated rings. The van der Waals surface area contributed by atoms with Crippen molar-refractivity contribution in [2.75, 3.05) is 13.7 Å². The highest BCUT2D eigenvalue weighted by Gasteiger charge is 2.18. The van der Waals surface area contributed by atoms with Crippen LogP contribution < -0.4 is 10.1 Å². The minimum absolute atomic E-state index is 0.0482. The first-order chi connectivity index (χ1) is 10.2. The van der Waals surface area contributed by atoms with Gasteiger partial charge in [0.15, 0.2) is 0 Å². The molecule has 1 N–H and O–H groups in total. The second kappa shape index (κ2) is 7.96. The lowest BCUT2D eigenvalue weighted by molar-refractivity contribution is 0.376. The van der Waals surface area contributed by atoms with Gasteiger partial charge in [0, 0.05) is 17.4 Å². The van der Waals surface area contributed by atoms with Crippen LogP contribution in [0.5, 0.6) is 5.88 Å². The number of rotatable bonds is 7. The van der Waals surface area contributed by atoms with Crippen LogP contribution in [-0.2, 0) is 6.42 Å². The first-order valence-electron chi connectivity index (χ1n) is 7.07. The Labute approximate surface area is 130 Å². The summed E-state index contributed by atoms with van der Waals surface area (Å²) < 4.78 is 5.33. The number of hydrogen-bond acceptors (Lipinski definition) is 4. The third kappa shape index (κ3) is 4.41. The highest BCUT2D eigenvalue weighted by Crippen LogP contribution is 2.24. The van der Waals surface area contributed by atoms with Gasteiger partial charge in [-0.15, -0.1) is 0 Å². The standard InChI is InChI=1S/C16H20ClN3O/c1-3-7-18-14(11-12-5-4-6-13(17)10-12)15-16(21-2)20-9-8-19-15/h4-6,8-10,14,18H,3,7,11H2,1-2H3. The fraction of sp³-hybridized carbons (Fsp3) is 0.375. The van der Waals surface area contributed by atoms with E-state index >= 15 is 0 Å². The molecule has 0 aliphatic rings. The average molecular weight is 306 g/mol. The summed E-state index contributed by atoms with van der Waals surface area (Å²) >= 11 is 6.06. The summed E-state index contributed by atoms with van der Waals surface area (Å²) in [6.07, 6.45) is 5.17. The van der Waals surface area contributed by atoms with Gasteiger partial charge in [0.05, 0.1) is 13.2 Å². The first-order valence-corrected chi connectivity index (χ1v) is 7.45. The van der Waals surface area contributed by atoms with Crippen molar-refractivity contribution in [1.29, 1.82) is 0 Å². The van der Waals surface area contributed by atoms with Crippen molar-refractivity contribution in [2.24, 2.45) is 0 Å². The van der Waals surface area contributed by atoms with Crippen LogP contribution in [0.1, 0.15) is 30.6 Å². The third-order valence-corrected chi connectivity index (χ3v) is 3.42. The van der Waals surface area contributed by atoms with Gasteiger partial charge < -0.3 is 10.1 Å². The zero-order valence-corrected chi connectivity index (χ0v) is 13.1. The van der Waals surface area contributed by atoms with Crippen molar-refractivity contribution in [3.05, 3.63) is 52.9 Å². The van der Waals surface area contributed by atoms with Crippen LogP contribution in [-0.4, -0.2) is 23.6 Å². The molecule has 4 nitrogen and oxygen atoms in total. The molecule has 2 aromatic rings. The lowest BCUT2D eigenvalue weighted by Crippen LogP contribution is -2.25. The lowest BCUT2D eigenvalue weighted by atomic mass is 10.0. The van der Waals surface area contributed by atoms with Gasteiger partial charge in [-0.2, -0.15) is 0 Å². The number of benzene rings is 1. The number of methoxy groups -OCH3 is 1. The minimum Gasteiger partial charge on any atom is -0.480 e. The van der Waals surface area contributed by atoms with Crippen LogP contribution in [0.4, 0.5) is 0 Å². The maximum Gasteiger partial charge on any atom is 0.237 e. The monoisotopic (exact) mass is 305 g/mol. The van der Waals surface area contributed by atoms with E-state index in [4.69, 9.17) is 16.3 Å². The topological polar surface area (TPSA) is 47.0 Å². The molecule has 0 aliphatic heterocycles. The Morgan fingerprint density at radius 1 is 1.29 bits per heavy atom. The predicted octanol–water partition coefficient (Wildman–Crippen LogP) is 3.42. The molecule has 112 valence electrons. The van der Waals surface area contributed by atoms with Crippen molar-refractivity contribution >= 4 is 11.6 Å². The highest BCUT2D eigenvalue weighted by molar-refractivity contribution is 6.30. The highest BCUT2D eigenvalue weighted by atomic mass is 35.5. The van der Waals surface area contributed by atoms with Crippen LogP contribution in [0.15, 0.2) is 36.7 Å². The van der Waals surface area contributed by atoms with Crippen LogP contribution in [0.25, 0.3) is 0 Å². The van der Waals surface area contributed by atoms with E-state index in [-0.39, 0.29) is 6.04 Å². The van der Waals surface area contributed by atoms with Crippen molar-refractivity contribution in [1.82, 2.24) is 15.3 Å². The summed E-state index contributed by atoms with van der Waals surface area (Å²) in [5, 5.41) is 4.25. The molecule has 1 atom stereocenters. The van der Waals surface area contributed by atoms with Gasteiger partial charge in [-0.05, 0) is 37.1 Å². The molecular weight excluding hydrogens is 286 g/mol. The second-order valence-electron chi connectivity index (χ2n) is 4.79.